The molecular formula is C12H24N2O. The van der Waals surface area contributed by atoms with E-state index in [1.165, 1.54) is 0 Å². The molecule has 0 aliphatic heterocycles. The predicted octanol–water partition coefficient (Wildman–Crippen LogP) is 1.76. The van der Waals surface area contributed by atoms with Crippen LogP contribution in [0.4, 0.5) is 0 Å². The molecule has 0 radical (unpaired) electrons. The lowest BCUT2D eigenvalue weighted by molar-refractivity contribution is -0.135. The molecule has 15 heavy (non-hydrogen) atoms. The van der Waals surface area contributed by atoms with Crippen molar-refractivity contribution in [1.29, 1.82) is 0 Å². The van der Waals surface area contributed by atoms with Gasteiger partial charge in [0.15, 0.2) is 0 Å². The highest BCUT2D eigenvalue weighted by Crippen LogP contribution is 2.26. The summed E-state index contributed by atoms with van der Waals surface area (Å²) in [7, 11) is 0. The Balaban J connectivity index is 2.47. The number of amides is 1. The first-order valence-corrected chi connectivity index (χ1v) is 6.23. The van der Waals surface area contributed by atoms with Crippen LogP contribution in [-0.2, 0) is 4.79 Å². The maximum absolute atomic E-state index is 12.1. The summed E-state index contributed by atoms with van der Waals surface area (Å²) in [4.78, 5) is 14.2. The fraction of sp³-hybridized carbons (Fsp3) is 0.917. The molecule has 2 unspecified atom stereocenters. The lowest BCUT2D eigenvalue weighted by Crippen LogP contribution is -2.37. The zero-order valence-corrected chi connectivity index (χ0v) is 10.0. The third-order valence-electron chi connectivity index (χ3n) is 3.12. The molecule has 1 saturated carbocycles. The highest BCUT2D eigenvalue weighted by molar-refractivity contribution is 5.79. The first-order valence-electron chi connectivity index (χ1n) is 6.23. The average molecular weight is 212 g/mol. The number of nitrogens with zero attached hydrogens (tertiary/aromatic N) is 1. The van der Waals surface area contributed by atoms with Gasteiger partial charge in [-0.25, -0.2) is 0 Å². The van der Waals surface area contributed by atoms with Crippen LogP contribution < -0.4 is 5.73 Å². The Morgan fingerprint density at radius 3 is 2.27 bits per heavy atom. The van der Waals surface area contributed by atoms with Crippen molar-refractivity contribution in [2.45, 2.75) is 52.0 Å². The Hall–Kier alpha value is -0.570. The van der Waals surface area contributed by atoms with E-state index in [4.69, 9.17) is 5.73 Å². The smallest absolute Gasteiger partial charge is 0.225 e. The van der Waals surface area contributed by atoms with Gasteiger partial charge in [-0.15, -0.1) is 0 Å². The summed E-state index contributed by atoms with van der Waals surface area (Å²) in [6, 6.07) is 0.254. The molecule has 0 heterocycles. The van der Waals surface area contributed by atoms with Crippen LogP contribution in [0.1, 0.15) is 46.0 Å². The molecule has 0 aromatic rings. The molecule has 88 valence electrons. The quantitative estimate of drug-likeness (QED) is 0.755. The Bertz CT molecular complexity index is 200. The van der Waals surface area contributed by atoms with Crippen LogP contribution in [0.2, 0.25) is 0 Å². The largest absolute Gasteiger partial charge is 0.342 e. The molecule has 0 spiro atoms. The van der Waals surface area contributed by atoms with Crippen molar-refractivity contribution in [1.82, 2.24) is 4.90 Å². The summed E-state index contributed by atoms with van der Waals surface area (Å²) in [5.74, 6) is 0.546. The lowest BCUT2D eigenvalue weighted by Gasteiger charge is -2.24. The zero-order valence-electron chi connectivity index (χ0n) is 10.0. The summed E-state index contributed by atoms with van der Waals surface area (Å²) < 4.78 is 0. The number of carbonyl (C=O) groups excluding carboxylic acids is 1. The van der Waals surface area contributed by atoms with E-state index in [2.05, 4.69) is 13.8 Å². The summed E-state index contributed by atoms with van der Waals surface area (Å²) in [6.45, 7) is 6.05. The number of nitrogens with two attached hydrogens (primary N) is 1. The molecule has 0 aromatic carbocycles. The molecule has 2 N–H and O–H groups in total. The minimum Gasteiger partial charge on any atom is -0.342 e. The van der Waals surface area contributed by atoms with Crippen molar-refractivity contribution < 1.29 is 4.79 Å². The molecule has 1 fully saturated rings. The van der Waals surface area contributed by atoms with Gasteiger partial charge in [0.05, 0.1) is 0 Å². The van der Waals surface area contributed by atoms with E-state index in [1.807, 2.05) is 4.90 Å². The highest BCUT2D eigenvalue weighted by atomic mass is 16.2. The minimum atomic E-state index is 0.207. The fourth-order valence-electron chi connectivity index (χ4n) is 2.37. The van der Waals surface area contributed by atoms with Crippen LogP contribution in [0, 0.1) is 5.92 Å². The van der Waals surface area contributed by atoms with Gasteiger partial charge in [-0.2, -0.15) is 0 Å². The molecule has 0 saturated heterocycles. The maximum atomic E-state index is 12.1. The summed E-state index contributed by atoms with van der Waals surface area (Å²) in [5.41, 5.74) is 5.84. The molecule has 1 amide bonds. The van der Waals surface area contributed by atoms with Crippen molar-refractivity contribution in [2.24, 2.45) is 11.7 Å². The molecule has 3 heteroatoms. The van der Waals surface area contributed by atoms with Gasteiger partial charge in [0, 0.05) is 25.0 Å². The monoisotopic (exact) mass is 212 g/mol. The second-order valence-corrected chi connectivity index (χ2v) is 4.60. The van der Waals surface area contributed by atoms with Crippen molar-refractivity contribution in [3.63, 3.8) is 0 Å². The van der Waals surface area contributed by atoms with Gasteiger partial charge >= 0.3 is 0 Å². The first-order chi connectivity index (χ1) is 7.19. The maximum Gasteiger partial charge on any atom is 0.225 e. The summed E-state index contributed by atoms with van der Waals surface area (Å²) >= 11 is 0. The summed E-state index contributed by atoms with van der Waals surface area (Å²) in [5, 5.41) is 0. The van der Waals surface area contributed by atoms with Gasteiger partial charge in [-0.1, -0.05) is 13.8 Å². The fourth-order valence-corrected chi connectivity index (χ4v) is 2.37. The van der Waals surface area contributed by atoms with E-state index >= 15 is 0 Å². The minimum absolute atomic E-state index is 0.207. The van der Waals surface area contributed by atoms with Crippen molar-refractivity contribution in [2.75, 3.05) is 13.1 Å². The number of rotatable bonds is 5. The van der Waals surface area contributed by atoms with Gasteiger partial charge in [0.1, 0.15) is 0 Å². The second kappa shape index (κ2) is 6.11. The van der Waals surface area contributed by atoms with Crippen molar-refractivity contribution >= 4 is 5.91 Å². The number of carbonyl (C=O) groups is 1. The van der Waals surface area contributed by atoms with Crippen LogP contribution in [-0.4, -0.2) is 29.9 Å². The van der Waals surface area contributed by atoms with E-state index in [9.17, 15) is 4.79 Å². The van der Waals surface area contributed by atoms with Gasteiger partial charge in [-0.3, -0.25) is 4.79 Å². The Labute approximate surface area is 93.0 Å². The number of hydrogen-bond acceptors (Lipinski definition) is 2. The second-order valence-electron chi connectivity index (χ2n) is 4.60. The van der Waals surface area contributed by atoms with Crippen molar-refractivity contribution in [3.05, 3.63) is 0 Å². The van der Waals surface area contributed by atoms with Gasteiger partial charge in [0.2, 0.25) is 5.91 Å². The third-order valence-corrected chi connectivity index (χ3v) is 3.12. The van der Waals surface area contributed by atoms with E-state index in [1.54, 1.807) is 0 Å². The normalized spacial score (nSPS) is 25.5. The zero-order chi connectivity index (χ0) is 11.3. The molecular weight excluding hydrogens is 188 g/mol. The number of hydrogen-bond donors (Lipinski definition) is 1. The molecule has 2 atom stereocenters. The van der Waals surface area contributed by atoms with Gasteiger partial charge in [-0.05, 0) is 32.1 Å². The third kappa shape index (κ3) is 3.49. The first kappa shape index (κ1) is 12.5. The molecule has 1 aliphatic rings. The van der Waals surface area contributed by atoms with E-state index in [0.717, 1.165) is 45.2 Å². The standard InChI is InChI=1S/C12H24N2O/c1-3-7-14(8-4-2)12(15)10-5-6-11(13)9-10/h10-11H,3-9,13H2,1-2H3. The van der Waals surface area contributed by atoms with E-state index < -0.39 is 0 Å². The SMILES string of the molecule is CCCN(CCC)C(=O)C1CCC(N)C1. The van der Waals surface area contributed by atoms with Crippen LogP contribution in [0.5, 0.6) is 0 Å². The molecule has 3 nitrogen and oxygen atoms in total. The van der Waals surface area contributed by atoms with Crippen LogP contribution in [0.3, 0.4) is 0 Å². The van der Waals surface area contributed by atoms with Crippen LogP contribution in [0.15, 0.2) is 0 Å². The Kier molecular flexibility index (Phi) is 5.09. The Morgan fingerprint density at radius 2 is 1.87 bits per heavy atom. The molecule has 0 aromatic heterocycles. The Morgan fingerprint density at radius 1 is 1.27 bits per heavy atom. The van der Waals surface area contributed by atoms with Gasteiger partial charge < -0.3 is 10.6 Å². The van der Waals surface area contributed by atoms with Crippen LogP contribution >= 0.6 is 0 Å². The topological polar surface area (TPSA) is 46.3 Å². The predicted molar refractivity (Wildman–Crippen MR) is 62.5 cm³/mol. The molecule has 1 aliphatic carbocycles. The van der Waals surface area contributed by atoms with E-state index in [0.29, 0.717) is 5.91 Å². The highest BCUT2D eigenvalue weighted by Gasteiger charge is 2.30. The van der Waals surface area contributed by atoms with E-state index in [-0.39, 0.29) is 12.0 Å². The lowest BCUT2D eigenvalue weighted by atomic mass is 10.1. The van der Waals surface area contributed by atoms with Crippen LogP contribution in [0.25, 0.3) is 0 Å². The van der Waals surface area contributed by atoms with Gasteiger partial charge in [0.25, 0.3) is 0 Å². The van der Waals surface area contributed by atoms with Crippen molar-refractivity contribution in [3.8, 4) is 0 Å². The molecule has 0 bridgehead atoms. The summed E-state index contributed by atoms with van der Waals surface area (Å²) in [6.07, 6.45) is 4.99. The molecule has 1 rings (SSSR count). The average Bonchev–Trinajstić information content (AvgIpc) is 2.63.